The SMILES string of the molecule is O=C1NCCCC1Nc1cnn(-c2ccccc2Br)c1. The Morgan fingerprint density at radius 3 is 3.05 bits per heavy atom. The van der Waals surface area contributed by atoms with Gasteiger partial charge >= 0.3 is 0 Å². The summed E-state index contributed by atoms with van der Waals surface area (Å²) in [6.45, 7) is 0.771. The van der Waals surface area contributed by atoms with E-state index in [0.717, 1.165) is 35.2 Å². The van der Waals surface area contributed by atoms with Crippen molar-refractivity contribution in [1.29, 1.82) is 0 Å². The summed E-state index contributed by atoms with van der Waals surface area (Å²) < 4.78 is 2.76. The quantitative estimate of drug-likeness (QED) is 0.905. The molecule has 1 amide bonds. The molecule has 6 heteroatoms. The Bertz CT molecular complexity index is 625. The van der Waals surface area contributed by atoms with E-state index in [-0.39, 0.29) is 11.9 Å². The standard InChI is InChI=1S/C14H15BrN4O/c15-11-4-1-2-6-13(11)19-9-10(8-17-19)18-12-5-3-7-16-14(12)20/h1-2,4,6,8-9,12,18H,3,5,7H2,(H,16,20). The van der Waals surface area contributed by atoms with Crippen LogP contribution in [0.3, 0.4) is 0 Å². The molecule has 1 saturated heterocycles. The number of rotatable bonds is 3. The number of anilines is 1. The maximum absolute atomic E-state index is 11.7. The molecule has 3 rings (SSSR count). The topological polar surface area (TPSA) is 59.0 Å². The van der Waals surface area contributed by atoms with Crippen molar-refractivity contribution in [3.8, 4) is 5.69 Å². The summed E-state index contributed by atoms with van der Waals surface area (Å²) in [4.78, 5) is 11.7. The summed E-state index contributed by atoms with van der Waals surface area (Å²) in [6.07, 6.45) is 5.48. The van der Waals surface area contributed by atoms with Crippen LogP contribution in [0.25, 0.3) is 5.69 Å². The van der Waals surface area contributed by atoms with Crippen molar-refractivity contribution in [3.05, 3.63) is 41.1 Å². The molecule has 1 atom stereocenters. The summed E-state index contributed by atoms with van der Waals surface area (Å²) in [5, 5.41) is 10.4. The average Bonchev–Trinajstić information content (AvgIpc) is 2.90. The van der Waals surface area contributed by atoms with Crippen LogP contribution in [0.15, 0.2) is 41.1 Å². The first-order chi connectivity index (χ1) is 9.74. The molecule has 1 aliphatic heterocycles. The second-order valence-electron chi connectivity index (χ2n) is 4.76. The predicted octanol–water partition coefficient (Wildman–Crippen LogP) is 2.33. The maximum atomic E-state index is 11.7. The van der Waals surface area contributed by atoms with Crippen LogP contribution in [0.1, 0.15) is 12.8 Å². The molecule has 1 fully saturated rings. The van der Waals surface area contributed by atoms with Gasteiger partial charge in [-0.15, -0.1) is 0 Å². The van der Waals surface area contributed by atoms with Crippen LogP contribution < -0.4 is 10.6 Å². The van der Waals surface area contributed by atoms with Crippen molar-refractivity contribution >= 4 is 27.5 Å². The van der Waals surface area contributed by atoms with Gasteiger partial charge in [-0.25, -0.2) is 4.68 Å². The number of piperidine rings is 1. The molecule has 1 aromatic heterocycles. The number of para-hydroxylation sites is 1. The van der Waals surface area contributed by atoms with Crippen LogP contribution in [0.2, 0.25) is 0 Å². The van der Waals surface area contributed by atoms with Gasteiger partial charge in [-0.1, -0.05) is 12.1 Å². The summed E-state index contributed by atoms with van der Waals surface area (Å²) >= 11 is 3.50. The highest BCUT2D eigenvalue weighted by atomic mass is 79.9. The normalized spacial score (nSPS) is 18.6. The predicted molar refractivity (Wildman–Crippen MR) is 80.9 cm³/mol. The van der Waals surface area contributed by atoms with Crippen LogP contribution in [-0.2, 0) is 4.79 Å². The number of carbonyl (C=O) groups is 1. The minimum atomic E-state index is -0.166. The molecule has 0 saturated carbocycles. The maximum Gasteiger partial charge on any atom is 0.242 e. The molecule has 2 N–H and O–H groups in total. The number of nitrogens with zero attached hydrogens (tertiary/aromatic N) is 2. The van der Waals surface area contributed by atoms with E-state index in [1.54, 1.807) is 10.9 Å². The van der Waals surface area contributed by atoms with E-state index in [0.29, 0.717) is 0 Å². The molecule has 20 heavy (non-hydrogen) atoms. The lowest BCUT2D eigenvalue weighted by Gasteiger charge is -2.22. The molecule has 1 unspecified atom stereocenters. The van der Waals surface area contributed by atoms with Gasteiger partial charge in [-0.05, 0) is 40.9 Å². The van der Waals surface area contributed by atoms with Crippen molar-refractivity contribution in [3.63, 3.8) is 0 Å². The fourth-order valence-electron chi connectivity index (χ4n) is 2.28. The summed E-state index contributed by atoms with van der Waals surface area (Å²) in [6, 6.07) is 7.71. The number of halogens is 1. The number of benzene rings is 1. The first kappa shape index (κ1) is 13.2. The zero-order valence-corrected chi connectivity index (χ0v) is 12.4. The molecule has 0 bridgehead atoms. The lowest BCUT2D eigenvalue weighted by atomic mass is 10.1. The average molecular weight is 335 g/mol. The van der Waals surface area contributed by atoms with Crippen molar-refractivity contribution in [2.75, 3.05) is 11.9 Å². The van der Waals surface area contributed by atoms with Gasteiger partial charge in [-0.3, -0.25) is 4.79 Å². The van der Waals surface area contributed by atoms with Crippen molar-refractivity contribution in [2.24, 2.45) is 0 Å². The van der Waals surface area contributed by atoms with Crippen LogP contribution >= 0.6 is 15.9 Å². The first-order valence-corrected chi connectivity index (χ1v) is 7.37. The minimum Gasteiger partial charge on any atom is -0.371 e. The Kier molecular flexibility index (Phi) is 3.73. The van der Waals surface area contributed by atoms with Gasteiger partial charge in [0.2, 0.25) is 5.91 Å². The van der Waals surface area contributed by atoms with Gasteiger partial charge < -0.3 is 10.6 Å². The molecule has 0 radical (unpaired) electrons. The van der Waals surface area contributed by atoms with Gasteiger partial charge in [0.1, 0.15) is 6.04 Å². The van der Waals surface area contributed by atoms with E-state index < -0.39 is 0 Å². The highest BCUT2D eigenvalue weighted by molar-refractivity contribution is 9.10. The highest BCUT2D eigenvalue weighted by Crippen LogP contribution is 2.21. The van der Waals surface area contributed by atoms with Crippen LogP contribution in [-0.4, -0.2) is 28.3 Å². The molecular weight excluding hydrogens is 320 g/mol. The molecule has 2 heterocycles. The summed E-state index contributed by atoms with van der Waals surface area (Å²) in [7, 11) is 0. The van der Waals surface area contributed by atoms with E-state index >= 15 is 0 Å². The molecule has 0 spiro atoms. The Morgan fingerprint density at radius 1 is 1.40 bits per heavy atom. The first-order valence-electron chi connectivity index (χ1n) is 6.58. The number of amides is 1. The molecule has 2 aromatic rings. The van der Waals surface area contributed by atoms with Gasteiger partial charge in [0, 0.05) is 11.0 Å². The van der Waals surface area contributed by atoms with E-state index in [2.05, 4.69) is 31.7 Å². The fourth-order valence-corrected chi connectivity index (χ4v) is 2.74. The second kappa shape index (κ2) is 5.66. The third-order valence-corrected chi connectivity index (χ3v) is 3.98. The molecule has 5 nitrogen and oxygen atoms in total. The monoisotopic (exact) mass is 334 g/mol. The Morgan fingerprint density at radius 2 is 2.25 bits per heavy atom. The van der Waals surface area contributed by atoms with E-state index in [1.165, 1.54) is 0 Å². The van der Waals surface area contributed by atoms with Gasteiger partial charge in [0.15, 0.2) is 0 Å². The van der Waals surface area contributed by atoms with Gasteiger partial charge in [-0.2, -0.15) is 5.10 Å². The zero-order chi connectivity index (χ0) is 13.9. The van der Waals surface area contributed by atoms with Crippen LogP contribution in [0.5, 0.6) is 0 Å². The second-order valence-corrected chi connectivity index (χ2v) is 5.61. The van der Waals surface area contributed by atoms with Crippen LogP contribution in [0.4, 0.5) is 5.69 Å². The minimum absolute atomic E-state index is 0.0601. The lowest BCUT2D eigenvalue weighted by molar-refractivity contribution is -0.123. The molecule has 0 aliphatic carbocycles. The van der Waals surface area contributed by atoms with Crippen molar-refractivity contribution in [2.45, 2.75) is 18.9 Å². The fraction of sp³-hybridized carbons (Fsp3) is 0.286. The van der Waals surface area contributed by atoms with Gasteiger partial charge in [0.05, 0.1) is 23.8 Å². The van der Waals surface area contributed by atoms with Crippen molar-refractivity contribution < 1.29 is 4.79 Å². The lowest BCUT2D eigenvalue weighted by Crippen LogP contribution is -2.44. The number of hydrogen-bond donors (Lipinski definition) is 2. The smallest absolute Gasteiger partial charge is 0.242 e. The summed E-state index contributed by atoms with van der Waals surface area (Å²) in [5.74, 6) is 0.0601. The third kappa shape index (κ3) is 2.70. The zero-order valence-electron chi connectivity index (χ0n) is 10.8. The largest absolute Gasteiger partial charge is 0.371 e. The van der Waals surface area contributed by atoms with Crippen LogP contribution in [0, 0.1) is 0 Å². The Hall–Kier alpha value is -1.82. The van der Waals surface area contributed by atoms with E-state index in [9.17, 15) is 4.79 Å². The van der Waals surface area contributed by atoms with E-state index in [4.69, 9.17) is 0 Å². The molecule has 104 valence electrons. The molecular formula is C14H15BrN4O. The molecule has 1 aliphatic rings. The van der Waals surface area contributed by atoms with Gasteiger partial charge in [0.25, 0.3) is 0 Å². The van der Waals surface area contributed by atoms with Crippen molar-refractivity contribution in [1.82, 2.24) is 15.1 Å². The van der Waals surface area contributed by atoms with E-state index in [1.807, 2.05) is 30.5 Å². The Labute approximate surface area is 125 Å². The number of hydrogen-bond acceptors (Lipinski definition) is 3. The Balaban J connectivity index is 1.77. The number of nitrogens with one attached hydrogen (secondary N) is 2. The third-order valence-electron chi connectivity index (χ3n) is 3.31. The summed E-state index contributed by atoms with van der Waals surface area (Å²) in [5.41, 5.74) is 1.82. The highest BCUT2D eigenvalue weighted by Gasteiger charge is 2.21. The number of carbonyl (C=O) groups excluding carboxylic acids is 1. The molecule has 1 aromatic carbocycles. The number of aromatic nitrogens is 2.